The SMILES string of the molecule is CCCOc1ccc(C2CC(=O)N3C(=C2C#N)SCC3(O)c2ccc(Cl)cc2)cc1OC. The Bertz CT molecular complexity index is 1110. The summed E-state index contributed by atoms with van der Waals surface area (Å²) in [6, 6.07) is 14.6. The lowest BCUT2D eigenvalue weighted by Gasteiger charge is -2.38. The van der Waals surface area contributed by atoms with Gasteiger partial charge in [0.15, 0.2) is 17.2 Å². The Labute approximate surface area is 196 Å². The summed E-state index contributed by atoms with van der Waals surface area (Å²) in [6.07, 6.45) is 0.942. The van der Waals surface area contributed by atoms with Crippen LogP contribution in [0.2, 0.25) is 5.02 Å². The number of allylic oxidation sites excluding steroid dienone is 1. The number of ether oxygens (including phenoxy) is 2. The second-order valence-corrected chi connectivity index (χ2v) is 9.09. The van der Waals surface area contributed by atoms with Crippen molar-refractivity contribution in [2.24, 2.45) is 0 Å². The van der Waals surface area contributed by atoms with Crippen molar-refractivity contribution in [2.75, 3.05) is 19.5 Å². The molecule has 0 radical (unpaired) electrons. The number of carbonyl (C=O) groups excluding carboxylic acids is 1. The van der Waals surface area contributed by atoms with Crippen molar-refractivity contribution < 1.29 is 19.4 Å². The van der Waals surface area contributed by atoms with Crippen LogP contribution in [0, 0.1) is 11.3 Å². The monoisotopic (exact) mass is 470 g/mol. The van der Waals surface area contributed by atoms with E-state index in [1.54, 1.807) is 31.4 Å². The van der Waals surface area contributed by atoms with Gasteiger partial charge in [0.2, 0.25) is 5.91 Å². The number of nitriles is 1. The second-order valence-electron chi connectivity index (χ2n) is 7.69. The van der Waals surface area contributed by atoms with Crippen molar-refractivity contribution in [3.05, 3.63) is 69.2 Å². The Morgan fingerprint density at radius 2 is 2.03 bits per heavy atom. The van der Waals surface area contributed by atoms with E-state index in [9.17, 15) is 15.2 Å². The second kappa shape index (κ2) is 9.07. The first-order valence-electron chi connectivity index (χ1n) is 10.3. The maximum atomic E-state index is 13.3. The number of halogens is 1. The first kappa shape index (κ1) is 22.5. The summed E-state index contributed by atoms with van der Waals surface area (Å²) in [5, 5.41) is 22.5. The van der Waals surface area contributed by atoms with E-state index in [-0.39, 0.29) is 18.1 Å². The molecule has 8 heteroatoms. The van der Waals surface area contributed by atoms with E-state index in [1.807, 2.05) is 25.1 Å². The number of aliphatic hydroxyl groups is 1. The molecule has 2 atom stereocenters. The van der Waals surface area contributed by atoms with Gasteiger partial charge in [0, 0.05) is 22.9 Å². The fourth-order valence-electron chi connectivity index (χ4n) is 4.07. The highest BCUT2D eigenvalue weighted by Gasteiger charge is 2.51. The standard InChI is InChI=1S/C24H23ClN2O4S/c1-3-10-31-20-9-4-15(11-21(20)30-2)18-12-22(28)27-23(19(18)13-26)32-14-24(27,29)16-5-7-17(25)8-6-16/h4-9,11,18,29H,3,10,12,14H2,1-2H3. The van der Waals surface area contributed by atoms with E-state index in [1.165, 1.54) is 16.7 Å². The molecule has 1 saturated heterocycles. The molecule has 2 aromatic carbocycles. The van der Waals surface area contributed by atoms with Crippen LogP contribution in [0.4, 0.5) is 0 Å². The Kier molecular flexibility index (Phi) is 6.38. The van der Waals surface area contributed by atoms with Crippen molar-refractivity contribution in [1.29, 1.82) is 5.26 Å². The summed E-state index contributed by atoms with van der Waals surface area (Å²) in [4.78, 5) is 14.6. The smallest absolute Gasteiger partial charge is 0.231 e. The van der Waals surface area contributed by atoms with Gasteiger partial charge in [0.05, 0.1) is 36.1 Å². The number of nitrogens with zero attached hydrogens (tertiary/aromatic N) is 2. The number of fused-ring (bicyclic) bond motifs is 1. The zero-order chi connectivity index (χ0) is 22.9. The van der Waals surface area contributed by atoms with Crippen molar-refractivity contribution in [3.8, 4) is 17.6 Å². The average Bonchev–Trinajstić information content (AvgIpc) is 3.17. The van der Waals surface area contributed by atoms with Crippen LogP contribution >= 0.6 is 23.4 Å². The Morgan fingerprint density at radius 3 is 2.69 bits per heavy atom. The van der Waals surface area contributed by atoms with Crippen molar-refractivity contribution in [1.82, 2.24) is 4.90 Å². The van der Waals surface area contributed by atoms with Crippen LogP contribution in [0.15, 0.2) is 53.1 Å². The highest BCUT2D eigenvalue weighted by atomic mass is 35.5. The number of methoxy groups -OCH3 is 1. The van der Waals surface area contributed by atoms with Gasteiger partial charge >= 0.3 is 0 Å². The van der Waals surface area contributed by atoms with Gasteiger partial charge in [-0.05, 0) is 36.2 Å². The van der Waals surface area contributed by atoms with Crippen molar-refractivity contribution in [2.45, 2.75) is 31.4 Å². The normalized spacial score (nSPS) is 22.5. The molecule has 2 unspecified atom stereocenters. The van der Waals surface area contributed by atoms with E-state index in [0.29, 0.717) is 39.3 Å². The van der Waals surface area contributed by atoms with Gasteiger partial charge in [0.1, 0.15) is 0 Å². The molecule has 0 spiro atoms. The van der Waals surface area contributed by atoms with Gasteiger partial charge in [-0.2, -0.15) is 5.26 Å². The molecule has 2 aliphatic heterocycles. The molecule has 0 aromatic heterocycles. The molecule has 1 amide bonds. The summed E-state index contributed by atoms with van der Waals surface area (Å²) in [6.45, 7) is 2.59. The summed E-state index contributed by atoms with van der Waals surface area (Å²) < 4.78 is 11.2. The Balaban J connectivity index is 1.73. The molecule has 2 heterocycles. The third kappa shape index (κ3) is 3.83. The highest BCUT2D eigenvalue weighted by Crippen LogP contribution is 2.52. The number of hydrogen-bond donors (Lipinski definition) is 1. The zero-order valence-electron chi connectivity index (χ0n) is 17.8. The number of amides is 1. The highest BCUT2D eigenvalue weighted by molar-refractivity contribution is 8.03. The molecule has 2 aliphatic rings. The summed E-state index contributed by atoms with van der Waals surface area (Å²) >= 11 is 7.30. The molecule has 0 aliphatic carbocycles. The van der Waals surface area contributed by atoms with Gasteiger partial charge in [-0.15, -0.1) is 11.8 Å². The fraction of sp³-hybridized carbons (Fsp3) is 0.333. The zero-order valence-corrected chi connectivity index (χ0v) is 19.4. The van der Waals surface area contributed by atoms with Crippen molar-refractivity contribution in [3.63, 3.8) is 0 Å². The molecular weight excluding hydrogens is 448 g/mol. The molecule has 1 fully saturated rings. The van der Waals surface area contributed by atoms with Gasteiger partial charge in [-0.3, -0.25) is 9.69 Å². The average molecular weight is 471 g/mol. The van der Waals surface area contributed by atoms with Crippen LogP contribution in [0.5, 0.6) is 11.5 Å². The van der Waals surface area contributed by atoms with Crippen LogP contribution < -0.4 is 9.47 Å². The maximum absolute atomic E-state index is 13.3. The Hall–Kier alpha value is -2.66. The predicted octanol–water partition coefficient (Wildman–Crippen LogP) is 4.78. The van der Waals surface area contributed by atoms with Crippen LogP contribution in [-0.4, -0.2) is 35.4 Å². The summed E-state index contributed by atoms with van der Waals surface area (Å²) in [5.41, 5.74) is 0.297. The summed E-state index contributed by atoms with van der Waals surface area (Å²) in [7, 11) is 1.56. The Morgan fingerprint density at radius 1 is 1.28 bits per heavy atom. The molecule has 6 nitrogen and oxygen atoms in total. The molecule has 2 aromatic rings. The van der Waals surface area contributed by atoms with Gasteiger partial charge in [-0.25, -0.2) is 0 Å². The first-order chi connectivity index (χ1) is 15.4. The predicted molar refractivity (Wildman–Crippen MR) is 123 cm³/mol. The van der Waals surface area contributed by atoms with E-state index >= 15 is 0 Å². The number of hydrogen-bond acceptors (Lipinski definition) is 6. The molecule has 166 valence electrons. The number of thioether (sulfide) groups is 1. The third-order valence-corrected chi connectivity index (χ3v) is 7.14. The van der Waals surface area contributed by atoms with Crippen LogP contribution in [0.25, 0.3) is 0 Å². The van der Waals surface area contributed by atoms with E-state index < -0.39 is 11.6 Å². The largest absolute Gasteiger partial charge is 0.493 e. The topological polar surface area (TPSA) is 82.8 Å². The lowest BCUT2D eigenvalue weighted by molar-refractivity contribution is -0.149. The quantitative estimate of drug-likeness (QED) is 0.654. The van der Waals surface area contributed by atoms with Crippen LogP contribution in [0.1, 0.15) is 36.8 Å². The fourth-order valence-corrected chi connectivity index (χ4v) is 5.56. The van der Waals surface area contributed by atoms with Gasteiger partial charge < -0.3 is 14.6 Å². The van der Waals surface area contributed by atoms with Crippen LogP contribution in [0.3, 0.4) is 0 Å². The molecule has 1 N–H and O–H groups in total. The third-order valence-electron chi connectivity index (χ3n) is 5.67. The molecule has 0 bridgehead atoms. The van der Waals surface area contributed by atoms with E-state index in [4.69, 9.17) is 21.1 Å². The number of benzene rings is 2. The van der Waals surface area contributed by atoms with Crippen LogP contribution in [-0.2, 0) is 10.5 Å². The van der Waals surface area contributed by atoms with Crippen molar-refractivity contribution >= 4 is 29.3 Å². The summed E-state index contributed by atoms with van der Waals surface area (Å²) in [5.74, 6) is 0.760. The van der Waals surface area contributed by atoms with E-state index in [2.05, 4.69) is 6.07 Å². The maximum Gasteiger partial charge on any atom is 0.231 e. The molecule has 4 rings (SSSR count). The lowest BCUT2D eigenvalue weighted by Crippen LogP contribution is -2.48. The lowest BCUT2D eigenvalue weighted by atomic mass is 9.85. The molecule has 32 heavy (non-hydrogen) atoms. The van der Waals surface area contributed by atoms with Gasteiger partial charge in [-0.1, -0.05) is 36.7 Å². The molecular formula is C24H23ClN2O4S. The minimum Gasteiger partial charge on any atom is -0.493 e. The number of rotatable bonds is 6. The van der Waals surface area contributed by atoms with E-state index in [0.717, 1.165) is 12.0 Å². The first-order valence-corrected chi connectivity index (χ1v) is 11.7. The number of carbonyl (C=O) groups is 1. The van der Waals surface area contributed by atoms with Gasteiger partial charge in [0.25, 0.3) is 0 Å². The minimum atomic E-state index is -1.52. The molecule has 0 saturated carbocycles. The minimum absolute atomic E-state index is 0.0706.